The summed E-state index contributed by atoms with van der Waals surface area (Å²) in [5, 5.41) is 11.3. The summed E-state index contributed by atoms with van der Waals surface area (Å²) in [6, 6.07) is 31.1. The highest BCUT2D eigenvalue weighted by atomic mass is 16.5. The lowest BCUT2D eigenvalue weighted by Crippen LogP contribution is -1.99. The van der Waals surface area contributed by atoms with E-state index >= 15 is 0 Å². The number of benzene rings is 4. The van der Waals surface area contributed by atoms with Gasteiger partial charge in [0.2, 0.25) is 0 Å². The summed E-state index contributed by atoms with van der Waals surface area (Å²) in [5.74, 6) is 0.663. The van der Waals surface area contributed by atoms with Gasteiger partial charge in [0.25, 0.3) is 0 Å². The van der Waals surface area contributed by atoms with Crippen LogP contribution in [0.4, 0.5) is 0 Å². The fourth-order valence-electron chi connectivity index (χ4n) is 3.23. The first-order valence-electron chi connectivity index (χ1n) is 8.28. The standard InChI is InChI=1S/C22H17BO2/c24-23-25-18-12-10-17(11-13-18)20-15-14-19(16-6-2-1-3-7-16)21-8-4-5-9-22(20)21/h1-15,23-24H. The summed E-state index contributed by atoms with van der Waals surface area (Å²) in [7, 11) is -0.311. The van der Waals surface area contributed by atoms with Crippen LogP contribution in [0.2, 0.25) is 0 Å². The van der Waals surface area contributed by atoms with Gasteiger partial charge in [0.15, 0.2) is 0 Å². The SMILES string of the molecule is OBOc1ccc(-c2ccc(-c3ccccc3)c3ccccc23)cc1. The van der Waals surface area contributed by atoms with Gasteiger partial charge in [-0.15, -0.1) is 0 Å². The molecule has 0 aliphatic carbocycles. The zero-order valence-corrected chi connectivity index (χ0v) is 13.7. The predicted octanol–water partition coefficient (Wildman–Crippen LogP) is 4.81. The number of rotatable bonds is 4. The average Bonchev–Trinajstić information content (AvgIpc) is 2.69. The van der Waals surface area contributed by atoms with Gasteiger partial charge in [-0.1, -0.05) is 78.9 Å². The molecule has 4 aromatic carbocycles. The maximum absolute atomic E-state index is 8.86. The maximum Gasteiger partial charge on any atom is 0.504 e. The van der Waals surface area contributed by atoms with Crippen LogP contribution < -0.4 is 4.65 Å². The monoisotopic (exact) mass is 324 g/mol. The summed E-state index contributed by atoms with van der Waals surface area (Å²) in [4.78, 5) is 0. The molecular formula is C22H17BO2. The van der Waals surface area contributed by atoms with Crippen LogP contribution in [0.5, 0.6) is 5.75 Å². The van der Waals surface area contributed by atoms with Crippen molar-refractivity contribution in [3.63, 3.8) is 0 Å². The Balaban J connectivity index is 1.86. The van der Waals surface area contributed by atoms with E-state index in [1.54, 1.807) is 0 Å². The molecule has 0 spiro atoms. The predicted molar refractivity (Wildman–Crippen MR) is 105 cm³/mol. The van der Waals surface area contributed by atoms with Crippen LogP contribution in [0.1, 0.15) is 0 Å². The Kier molecular flexibility index (Phi) is 4.24. The quantitative estimate of drug-likeness (QED) is 0.546. The molecular weight excluding hydrogens is 307 g/mol. The van der Waals surface area contributed by atoms with Crippen molar-refractivity contribution in [1.29, 1.82) is 0 Å². The fraction of sp³-hybridized carbons (Fsp3) is 0. The minimum atomic E-state index is -0.311. The van der Waals surface area contributed by atoms with Gasteiger partial charge in [0, 0.05) is 0 Å². The van der Waals surface area contributed by atoms with Crippen LogP contribution >= 0.6 is 0 Å². The first kappa shape index (κ1) is 15.5. The third-order valence-corrected chi connectivity index (χ3v) is 4.41. The number of hydrogen-bond donors (Lipinski definition) is 1. The van der Waals surface area contributed by atoms with Gasteiger partial charge in [-0.25, -0.2) is 0 Å². The van der Waals surface area contributed by atoms with Crippen molar-refractivity contribution in [2.24, 2.45) is 0 Å². The molecule has 0 aliphatic heterocycles. The van der Waals surface area contributed by atoms with E-state index < -0.39 is 0 Å². The van der Waals surface area contributed by atoms with Gasteiger partial charge < -0.3 is 9.68 Å². The van der Waals surface area contributed by atoms with Gasteiger partial charge in [-0.2, -0.15) is 0 Å². The van der Waals surface area contributed by atoms with Crippen molar-refractivity contribution in [2.45, 2.75) is 0 Å². The lowest BCUT2D eigenvalue weighted by atomic mass is 9.92. The summed E-state index contributed by atoms with van der Waals surface area (Å²) >= 11 is 0. The van der Waals surface area contributed by atoms with E-state index in [1.807, 2.05) is 30.3 Å². The largest absolute Gasteiger partial charge is 0.539 e. The van der Waals surface area contributed by atoms with Crippen LogP contribution in [-0.4, -0.2) is 12.7 Å². The minimum Gasteiger partial charge on any atom is -0.539 e. The highest BCUT2D eigenvalue weighted by Gasteiger charge is 2.09. The van der Waals surface area contributed by atoms with E-state index in [0.29, 0.717) is 5.75 Å². The van der Waals surface area contributed by atoms with Crippen LogP contribution in [-0.2, 0) is 0 Å². The summed E-state index contributed by atoms with van der Waals surface area (Å²) in [6.45, 7) is 0. The maximum atomic E-state index is 8.86. The highest BCUT2D eigenvalue weighted by Crippen LogP contribution is 2.35. The van der Waals surface area contributed by atoms with Crippen molar-refractivity contribution in [1.82, 2.24) is 0 Å². The van der Waals surface area contributed by atoms with E-state index in [2.05, 4.69) is 60.7 Å². The van der Waals surface area contributed by atoms with Crippen LogP contribution in [0.15, 0.2) is 91.0 Å². The van der Waals surface area contributed by atoms with Crippen molar-refractivity contribution >= 4 is 18.5 Å². The van der Waals surface area contributed by atoms with E-state index in [4.69, 9.17) is 9.68 Å². The van der Waals surface area contributed by atoms with E-state index in [9.17, 15) is 0 Å². The molecule has 0 heterocycles. The molecule has 4 aromatic rings. The normalized spacial score (nSPS) is 10.6. The second-order valence-electron chi connectivity index (χ2n) is 5.87. The molecule has 0 fully saturated rings. The van der Waals surface area contributed by atoms with Crippen LogP contribution in [0.25, 0.3) is 33.0 Å². The smallest absolute Gasteiger partial charge is 0.504 e. The van der Waals surface area contributed by atoms with E-state index in [0.717, 1.165) is 5.56 Å². The number of fused-ring (bicyclic) bond motifs is 1. The Labute approximate surface area is 147 Å². The average molecular weight is 324 g/mol. The molecule has 120 valence electrons. The Hall–Kier alpha value is -3.04. The van der Waals surface area contributed by atoms with Gasteiger partial charge >= 0.3 is 7.69 Å². The Morgan fingerprint density at radius 1 is 0.560 bits per heavy atom. The van der Waals surface area contributed by atoms with Gasteiger partial charge in [-0.05, 0) is 45.2 Å². The third-order valence-electron chi connectivity index (χ3n) is 4.41. The minimum absolute atomic E-state index is 0.311. The molecule has 0 unspecified atom stereocenters. The van der Waals surface area contributed by atoms with Crippen molar-refractivity contribution in [3.05, 3.63) is 91.0 Å². The first-order valence-corrected chi connectivity index (χ1v) is 8.28. The molecule has 0 aliphatic rings. The van der Waals surface area contributed by atoms with Crippen molar-refractivity contribution < 1.29 is 9.68 Å². The third kappa shape index (κ3) is 3.02. The molecule has 0 bridgehead atoms. The highest BCUT2D eigenvalue weighted by molar-refractivity contribution is 6.17. The summed E-state index contributed by atoms with van der Waals surface area (Å²) in [6.07, 6.45) is 0. The molecule has 25 heavy (non-hydrogen) atoms. The molecule has 4 rings (SSSR count). The van der Waals surface area contributed by atoms with E-state index in [-0.39, 0.29) is 7.69 Å². The molecule has 0 saturated carbocycles. The molecule has 0 amide bonds. The summed E-state index contributed by atoms with van der Waals surface area (Å²) in [5.41, 5.74) is 4.77. The molecule has 0 aromatic heterocycles. The van der Waals surface area contributed by atoms with Gasteiger partial charge in [-0.3, -0.25) is 0 Å². The Bertz CT molecular complexity index is 995. The first-order chi connectivity index (χ1) is 12.4. The second kappa shape index (κ2) is 6.84. The van der Waals surface area contributed by atoms with Crippen molar-refractivity contribution in [3.8, 4) is 28.0 Å². The zero-order valence-electron chi connectivity index (χ0n) is 13.7. The summed E-state index contributed by atoms with van der Waals surface area (Å²) < 4.78 is 5.12. The van der Waals surface area contributed by atoms with Gasteiger partial charge in [0.05, 0.1) is 0 Å². The Morgan fingerprint density at radius 2 is 1.08 bits per heavy atom. The van der Waals surface area contributed by atoms with Crippen LogP contribution in [0.3, 0.4) is 0 Å². The Morgan fingerprint density at radius 3 is 1.64 bits per heavy atom. The second-order valence-corrected chi connectivity index (χ2v) is 5.87. The molecule has 0 radical (unpaired) electrons. The molecule has 0 atom stereocenters. The van der Waals surface area contributed by atoms with Crippen molar-refractivity contribution in [2.75, 3.05) is 0 Å². The number of hydrogen-bond acceptors (Lipinski definition) is 2. The van der Waals surface area contributed by atoms with E-state index in [1.165, 1.54) is 27.5 Å². The molecule has 2 nitrogen and oxygen atoms in total. The lowest BCUT2D eigenvalue weighted by molar-refractivity contribution is 0.454. The lowest BCUT2D eigenvalue weighted by Gasteiger charge is -2.12. The zero-order chi connectivity index (χ0) is 17.1. The fourth-order valence-corrected chi connectivity index (χ4v) is 3.23. The molecule has 3 heteroatoms. The van der Waals surface area contributed by atoms with Crippen LogP contribution in [0, 0.1) is 0 Å². The molecule has 0 saturated heterocycles. The molecule has 1 N–H and O–H groups in total. The topological polar surface area (TPSA) is 29.5 Å². The van der Waals surface area contributed by atoms with Gasteiger partial charge in [0.1, 0.15) is 5.75 Å².